The fourth-order valence-corrected chi connectivity index (χ4v) is 4.25. The van der Waals surface area contributed by atoms with Gasteiger partial charge >= 0.3 is 0 Å². The number of rotatable bonds is 6. The van der Waals surface area contributed by atoms with Crippen molar-refractivity contribution < 1.29 is 14.3 Å². The SMILES string of the molecule is COc1cc(-c2ccc3c(n2)CN(c2cnn(Cc4csc(C)n4)c2)C3=O)cnc1OC. The van der Waals surface area contributed by atoms with Crippen molar-refractivity contribution in [3.8, 4) is 22.9 Å². The number of pyridine rings is 2. The second-order valence-electron chi connectivity index (χ2n) is 7.27. The van der Waals surface area contributed by atoms with Gasteiger partial charge < -0.3 is 9.47 Å². The molecule has 5 rings (SSSR count). The largest absolute Gasteiger partial charge is 0.491 e. The van der Waals surface area contributed by atoms with Crippen LogP contribution in [0.25, 0.3) is 11.3 Å². The van der Waals surface area contributed by atoms with Crippen LogP contribution in [0.1, 0.15) is 26.8 Å². The molecule has 0 bridgehead atoms. The molecule has 4 aromatic heterocycles. The summed E-state index contributed by atoms with van der Waals surface area (Å²) in [6.45, 7) is 2.92. The van der Waals surface area contributed by atoms with Crippen LogP contribution in [-0.2, 0) is 13.1 Å². The lowest BCUT2D eigenvalue weighted by Crippen LogP contribution is -2.22. The van der Waals surface area contributed by atoms with Gasteiger partial charge in [-0.1, -0.05) is 0 Å². The predicted molar refractivity (Wildman–Crippen MR) is 119 cm³/mol. The van der Waals surface area contributed by atoms with E-state index in [0.29, 0.717) is 41.7 Å². The van der Waals surface area contributed by atoms with Crippen LogP contribution < -0.4 is 14.4 Å². The third-order valence-electron chi connectivity index (χ3n) is 5.21. The number of aromatic nitrogens is 5. The molecule has 0 fully saturated rings. The highest BCUT2D eigenvalue weighted by molar-refractivity contribution is 7.09. The zero-order valence-corrected chi connectivity index (χ0v) is 18.6. The monoisotopic (exact) mass is 448 g/mol. The molecule has 0 spiro atoms. The normalized spacial score (nSPS) is 12.8. The van der Waals surface area contributed by atoms with Crippen LogP contribution in [-0.4, -0.2) is 44.9 Å². The van der Waals surface area contributed by atoms with Crippen molar-refractivity contribution in [1.29, 1.82) is 0 Å². The minimum absolute atomic E-state index is 0.0893. The van der Waals surface area contributed by atoms with Gasteiger partial charge in [0.2, 0.25) is 0 Å². The van der Waals surface area contributed by atoms with Crippen molar-refractivity contribution in [2.75, 3.05) is 19.1 Å². The second kappa shape index (κ2) is 8.04. The summed E-state index contributed by atoms with van der Waals surface area (Å²) in [5, 5.41) is 7.43. The summed E-state index contributed by atoms with van der Waals surface area (Å²) in [4.78, 5) is 28.1. The van der Waals surface area contributed by atoms with E-state index >= 15 is 0 Å². The number of hydrogen-bond acceptors (Lipinski definition) is 8. The predicted octanol–water partition coefficient (Wildman–Crippen LogP) is 3.33. The molecule has 9 nitrogen and oxygen atoms in total. The maximum atomic E-state index is 13.0. The number of aryl methyl sites for hydroxylation is 1. The van der Waals surface area contributed by atoms with Crippen molar-refractivity contribution in [3.63, 3.8) is 0 Å². The van der Waals surface area contributed by atoms with Crippen LogP contribution in [0.5, 0.6) is 11.6 Å². The maximum absolute atomic E-state index is 13.0. The summed E-state index contributed by atoms with van der Waals surface area (Å²) in [7, 11) is 3.10. The van der Waals surface area contributed by atoms with Gasteiger partial charge in [-0.2, -0.15) is 5.10 Å². The molecule has 0 saturated heterocycles. The van der Waals surface area contributed by atoms with E-state index in [1.165, 1.54) is 0 Å². The topological polar surface area (TPSA) is 95.3 Å². The maximum Gasteiger partial charge on any atom is 0.260 e. The fourth-order valence-electron chi connectivity index (χ4n) is 3.65. The lowest BCUT2D eigenvalue weighted by Gasteiger charge is -2.11. The first-order chi connectivity index (χ1) is 15.6. The van der Waals surface area contributed by atoms with Gasteiger partial charge in [0.05, 0.1) is 66.8 Å². The first kappa shape index (κ1) is 20.1. The quantitative estimate of drug-likeness (QED) is 0.446. The Kier molecular flexibility index (Phi) is 5.06. The third kappa shape index (κ3) is 3.58. The van der Waals surface area contributed by atoms with E-state index in [1.54, 1.807) is 53.6 Å². The number of methoxy groups -OCH3 is 2. The van der Waals surface area contributed by atoms with E-state index in [4.69, 9.17) is 14.5 Å². The Bertz CT molecular complexity index is 1310. The number of anilines is 1. The lowest BCUT2D eigenvalue weighted by atomic mass is 10.1. The molecular formula is C22H20N6O3S. The van der Waals surface area contributed by atoms with Crippen LogP contribution in [0.2, 0.25) is 0 Å². The van der Waals surface area contributed by atoms with Gasteiger partial charge in [-0.25, -0.2) is 9.97 Å². The molecule has 0 unspecified atom stereocenters. The number of fused-ring (bicyclic) bond motifs is 1. The van der Waals surface area contributed by atoms with E-state index in [1.807, 2.05) is 30.6 Å². The molecule has 1 aliphatic rings. The Hall–Kier alpha value is -3.79. The number of carbonyl (C=O) groups is 1. The molecule has 0 radical (unpaired) electrons. The highest BCUT2D eigenvalue weighted by Gasteiger charge is 2.31. The van der Waals surface area contributed by atoms with Gasteiger partial charge in [-0.05, 0) is 25.1 Å². The minimum atomic E-state index is -0.0893. The lowest BCUT2D eigenvalue weighted by molar-refractivity contribution is 0.0996. The molecule has 0 aromatic carbocycles. The van der Waals surface area contributed by atoms with E-state index in [0.717, 1.165) is 22.0 Å². The molecule has 0 aliphatic carbocycles. The second-order valence-corrected chi connectivity index (χ2v) is 8.33. The molecule has 10 heteroatoms. The van der Waals surface area contributed by atoms with E-state index in [9.17, 15) is 4.79 Å². The standard InChI is InChI=1S/C22H20N6O3S/c1-13-25-15(12-32-13)9-27-10-16(8-24-27)28-11-19-17(22(28)29)4-5-18(26-19)14-6-20(30-2)21(31-3)23-7-14/h4-8,10,12H,9,11H2,1-3H3. The van der Waals surface area contributed by atoms with Crippen molar-refractivity contribution in [2.45, 2.75) is 20.0 Å². The Morgan fingerprint density at radius 3 is 2.78 bits per heavy atom. The highest BCUT2D eigenvalue weighted by Crippen LogP contribution is 2.32. The number of hydrogen-bond donors (Lipinski definition) is 0. The van der Waals surface area contributed by atoms with Crippen molar-refractivity contribution >= 4 is 22.9 Å². The highest BCUT2D eigenvalue weighted by atomic mass is 32.1. The Morgan fingerprint density at radius 2 is 2.03 bits per heavy atom. The summed E-state index contributed by atoms with van der Waals surface area (Å²) >= 11 is 1.61. The molecule has 32 heavy (non-hydrogen) atoms. The van der Waals surface area contributed by atoms with E-state index in [2.05, 4.69) is 15.1 Å². The average Bonchev–Trinajstić information content (AvgIpc) is 3.52. The van der Waals surface area contributed by atoms with Gasteiger partial charge in [0.15, 0.2) is 5.75 Å². The number of amides is 1. The first-order valence-electron chi connectivity index (χ1n) is 9.89. The van der Waals surface area contributed by atoms with Gasteiger partial charge in [-0.3, -0.25) is 19.4 Å². The Morgan fingerprint density at radius 1 is 1.16 bits per heavy atom. The number of ether oxygens (including phenoxy) is 2. The molecular weight excluding hydrogens is 428 g/mol. The molecule has 4 aromatic rings. The number of nitrogens with zero attached hydrogens (tertiary/aromatic N) is 6. The van der Waals surface area contributed by atoms with Crippen molar-refractivity contribution in [2.24, 2.45) is 0 Å². The van der Waals surface area contributed by atoms with Crippen LogP contribution in [0.4, 0.5) is 5.69 Å². The molecule has 0 atom stereocenters. The zero-order chi connectivity index (χ0) is 22.2. The fraction of sp³-hybridized carbons (Fsp3) is 0.227. The molecule has 1 amide bonds. The number of thiazole rings is 1. The third-order valence-corrected chi connectivity index (χ3v) is 6.03. The summed E-state index contributed by atoms with van der Waals surface area (Å²) in [6, 6.07) is 5.44. The van der Waals surface area contributed by atoms with Gasteiger partial charge in [0.25, 0.3) is 11.8 Å². The number of carbonyl (C=O) groups excluding carboxylic acids is 1. The molecule has 0 saturated carbocycles. The summed E-state index contributed by atoms with van der Waals surface area (Å²) < 4.78 is 12.3. The van der Waals surface area contributed by atoms with Crippen molar-refractivity contribution in [3.05, 3.63) is 64.1 Å². The Labute approximate surface area is 188 Å². The molecule has 1 aliphatic heterocycles. The Balaban J connectivity index is 1.38. The first-order valence-corrected chi connectivity index (χ1v) is 10.8. The minimum Gasteiger partial charge on any atom is -0.491 e. The van der Waals surface area contributed by atoms with E-state index in [-0.39, 0.29) is 5.91 Å². The van der Waals surface area contributed by atoms with Crippen LogP contribution in [0.3, 0.4) is 0 Å². The molecule has 0 N–H and O–H groups in total. The van der Waals surface area contributed by atoms with Crippen molar-refractivity contribution in [1.82, 2.24) is 24.7 Å². The summed E-state index contributed by atoms with van der Waals surface area (Å²) in [6.07, 6.45) is 5.23. The molecule has 162 valence electrons. The van der Waals surface area contributed by atoms with Crippen LogP contribution in [0.15, 0.2) is 42.2 Å². The van der Waals surface area contributed by atoms with Crippen LogP contribution >= 0.6 is 11.3 Å². The summed E-state index contributed by atoms with van der Waals surface area (Å²) in [5.74, 6) is 0.838. The van der Waals surface area contributed by atoms with Gasteiger partial charge in [0.1, 0.15) is 0 Å². The van der Waals surface area contributed by atoms with Gasteiger partial charge in [-0.15, -0.1) is 11.3 Å². The molecule has 5 heterocycles. The van der Waals surface area contributed by atoms with Crippen LogP contribution in [0, 0.1) is 6.92 Å². The zero-order valence-electron chi connectivity index (χ0n) is 17.8. The smallest absolute Gasteiger partial charge is 0.260 e. The summed E-state index contributed by atoms with van der Waals surface area (Å²) in [5.41, 5.74) is 4.47. The van der Waals surface area contributed by atoms with E-state index < -0.39 is 0 Å². The average molecular weight is 449 g/mol. The van der Waals surface area contributed by atoms with Gasteiger partial charge in [0, 0.05) is 23.3 Å².